The van der Waals surface area contributed by atoms with Crippen molar-refractivity contribution in [3.8, 4) is 0 Å². The Balaban J connectivity index is 3.58. The molecule has 1 aliphatic rings. The molecule has 2 heteroatoms. The van der Waals surface area contributed by atoms with Crippen molar-refractivity contribution < 1.29 is 0 Å². The van der Waals surface area contributed by atoms with Gasteiger partial charge >= 0.3 is 0 Å². The first-order valence-corrected chi connectivity index (χ1v) is 7.12. The molecule has 0 spiro atoms. The van der Waals surface area contributed by atoms with Crippen LogP contribution in [0.5, 0.6) is 0 Å². The third kappa shape index (κ3) is 3.16. The van der Waals surface area contributed by atoms with E-state index in [1.807, 2.05) is 7.05 Å². The Kier molecular flexibility index (Phi) is 3.88. The Morgan fingerprint density at radius 1 is 0.737 bits per heavy atom. The van der Waals surface area contributed by atoms with Gasteiger partial charge in [-0.15, -0.1) is 0 Å². The Morgan fingerprint density at radius 3 is 1.47 bits per heavy atom. The van der Waals surface area contributed by atoms with E-state index < -0.39 is 0 Å². The molecular formula is C17H30N2. The summed E-state index contributed by atoms with van der Waals surface area (Å²) in [6.45, 7) is 20.1. The molecule has 0 aromatic rings. The summed E-state index contributed by atoms with van der Waals surface area (Å²) in [5.41, 5.74) is 4.88. The van der Waals surface area contributed by atoms with Crippen LogP contribution < -0.4 is 0 Å². The first-order chi connectivity index (χ1) is 8.30. The quantitative estimate of drug-likeness (QED) is 0.593. The van der Waals surface area contributed by atoms with E-state index in [0.29, 0.717) is 0 Å². The fourth-order valence-corrected chi connectivity index (χ4v) is 2.44. The monoisotopic (exact) mass is 262 g/mol. The van der Waals surface area contributed by atoms with E-state index in [-0.39, 0.29) is 16.2 Å². The van der Waals surface area contributed by atoms with Gasteiger partial charge in [0.05, 0.1) is 17.1 Å². The van der Waals surface area contributed by atoms with Gasteiger partial charge in [-0.2, -0.15) is 0 Å². The normalized spacial score (nSPS) is 20.3. The van der Waals surface area contributed by atoms with Crippen molar-refractivity contribution in [2.24, 2.45) is 26.2 Å². The summed E-state index contributed by atoms with van der Waals surface area (Å²) in [5.74, 6) is 0. The van der Waals surface area contributed by atoms with Gasteiger partial charge in [-0.1, -0.05) is 62.3 Å². The van der Waals surface area contributed by atoms with Gasteiger partial charge in [-0.3, -0.25) is 9.98 Å². The van der Waals surface area contributed by atoms with Crippen LogP contribution in [-0.2, 0) is 0 Å². The molecule has 19 heavy (non-hydrogen) atoms. The van der Waals surface area contributed by atoms with Crippen molar-refractivity contribution in [1.29, 1.82) is 0 Å². The minimum Gasteiger partial charge on any atom is -0.286 e. The van der Waals surface area contributed by atoms with Crippen LogP contribution in [0.3, 0.4) is 0 Å². The van der Waals surface area contributed by atoms with Gasteiger partial charge in [0, 0.05) is 23.5 Å². The van der Waals surface area contributed by atoms with Gasteiger partial charge in [0.2, 0.25) is 0 Å². The predicted molar refractivity (Wildman–Crippen MR) is 86.2 cm³/mol. The van der Waals surface area contributed by atoms with E-state index in [1.54, 1.807) is 0 Å². The molecule has 2 nitrogen and oxygen atoms in total. The van der Waals surface area contributed by atoms with Gasteiger partial charge in [-0.05, 0) is 5.41 Å². The summed E-state index contributed by atoms with van der Waals surface area (Å²) in [6.07, 6.45) is 0. The lowest BCUT2D eigenvalue weighted by atomic mass is 9.75. The molecule has 0 fully saturated rings. The minimum absolute atomic E-state index is 0.0261. The molecule has 0 saturated carbocycles. The van der Waals surface area contributed by atoms with E-state index in [9.17, 15) is 0 Å². The maximum absolute atomic E-state index is 5.00. The largest absolute Gasteiger partial charge is 0.286 e. The molecule has 108 valence electrons. The average Bonchev–Trinajstić information content (AvgIpc) is 2.53. The van der Waals surface area contributed by atoms with Gasteiger partial charge in [0.1, 0.15) is 0 Å². The highest BCUT2D eigenvalue weighted by Crippen LogP contribution is 2.43. The molecule has 1 rings (SSSR count). The van der Waals surface area contributed by atoms with E-state index in [0.717, 1.165) is 11.4 Å². The molecule has 0 atom stereocenters. The van der Waals surface area contributed by atoms with E-state index in [2.05, 4.69) is 67.3 Å². The predicted octanol–water partition coefficient (Wildman–Crippen LogP) is 4.90. The smallest absolute Gasteiger partial charge is 0.0846 e. The summed E-state index contributed by atoms with van der Waals surface area (Å²) in [7, 11) is 1.88. The van der Waals surface area contributed by atoms with Crippen molar-refractivity contribution in [1.82, 2.24) is 0 Å². The number of nitrogens with zero attached hydrogens (tertiary/aromatic N) is 2. The van der Waals surface area contributed by atoms with Gasteiger partial charge < -0.3 is 0 Å². The van der Waals surface area contributed by atoms with Crippen LogP contribution in [0.25, 0.3) is 0 Å². The van der Waals surface area contributed by atoms with E-state index >= 15 is 0 Å². The Hall–Kier alpha value is -0.920. The Morgan fingerprint density at radius 2 is 1.21 bits per heavy atom. The van der Waals surface area contributed by atoms with Crippen LogP contribution in [-0.4, -0.2) is 18.5 Å². The first kappa shape index (κ1) is 16.1. The third-order valence-corrected chi connectivity index (χ3v) is 3.32. The zero-order valence-corrected chi connectivity index (χ0v) is 14.4. The molecule has 1 heterocycles. The molecule has 0 unspecified atom stereocenters. The topological polar surface area (TPSA) is 24.7 Å². The van der Waals surface area contributed by atoms with Crippen molar-refractivity contribution in [3.63, 3.8) is 0 Å². The highest BCUT2D eigenvalue weighted by Gasteiger charge is 2.40. The SMILES string of the molecule is CN=C1C(C(C)(C)C)=NC(C(C)(C)C)=C1C(C)(C)C. The zero-order chi connectivity index (χ0) is 15.2. The molecule has 0 saturated heterocycles. The molecule has 0 aromatic heterocycles. The third-order valence-electron chi connectivity index (χ3n) is 3.32. The van der Waals surface area contributed by atoms with Gasteiger partial charge in [0.25, 0.3) is 0 Å². The number of allylic oxidation sites excluding steroid dienone is 2. The standard InChI is InChI=1S/C17H30N2/c1-15(2,3)11-12(18-10)14(17(7,8)9)19-13(11)16(4,5)6/h1-10H3. The molecule has 0 radical (unpaired) electrons. The van der Waals surface area contributed by atoms with Crippen molar-refractivity contribution in [2.45, 2.75) is 62.3 Å². The highest BCUT2D eigenvalue weighted by molar-refractivity contribution is 6.52. The lowest BCUT2D eigenvalue weighted by molar-refractivity contribution is 0.457. The molecule has 0 aromatic carbocycles. The van der Waals surface area contributed by atoms with Crippen LogP contribution >= 0.6 is 0 Å². The maximum Gasteiger partial charge on any atom is 0.0846 e. The zero-order valence-electron chi connectivity index (χ0n) is 14.4. The summed E-state index contributed by atoms with van der Waals surface area (Å²) in [6, 6.07) is 0. The van der Waals surface area contributed by atoms with E-state index in [1.165, 1.54) is 11.3 Å². The van der Waals surface area contributed by atoms with Crippen LogP contribution in [0.1, 0.15) is 62.3 Å². The average molecular weight is 262 g/mol. The summed E-state index contributed by atoms with van der Waals surface area (Å²) in [4.78, 5) is 9.57. The number of rotatable bonds is 0. The fourth-order valence-electron chi connectivity index (χ4n) is 2.44. The molecule has 0 aliphatic carbocycles. The second kappa shape index (κ2) is 4.57. The molecule has 0 bridgehead atoms. The number of aliphatic imine (C=N–C) groups is 2. The molecule has 0 amide bonds. The van der Waals surface area contributed by atoms with Crippen LogP contribution in [0, 0.1) is 16.2 Å². The fraction of sp³-hybridized carbons (Fsp3) is 0.765. The maximum atomic E-state index is 5.00. The summed E-state index contributed by atoms with van der Waals surface area (Å²) in [5, 5.41) is 0. The number of hydrogen-bond acceptors (Lipinski definition) is 2. The first-order valence-electron chi connectivity index (χ1n) is 7.12. The van der Waals surface area contributed by atoms with Crippen LogP contribution in [0.2, 0.25) is 0 Å². The van der Waals surface area contributed by atoms with Gasteiger partial charge in [0.15, 0.2) is 0 Å². The highest BCUT2D eigenvalue weighted by atomic mass is 14.9. The van der Waals surface area contributed by atoms with Gasteiger partial charge in [-0.25, -0.2) is 0 Å². The van der Waals surface area contributed by atoms with Crippen molar-refractivity contribution in [3.05, 3.63) is 11.3 Å². The van der Waals surface area contributed by atoms with Crippen molar-refractivity contribution in [2.75, 3.05) is 7.05 Å². The molecular weight excluding hydrogens is 232 g/mol. The summed E-state index contributed by atoms with van der Waals surface area (Å²) >= 11 is 0. The van der Waals surface area contributed by atoms with Crippen LogP contribution in [0.15, 0.2) is 21.3 Å². The van der Waals surface area contributed by atoms with Crippen molar-refractivity contribution >= 4 is 11.4 Å². The van der Waals surface area contributed by atoms with Crippen LogP contribution in [0.4, 0.5) is 0 Å². The summed E-state index contributed by atoms with van der Waals surface area (Å²) < 4.78 is 0. The Bertz CT molecular complexity index is 455. The second-order valence-electron chi connectivity index (χ2n) is 8.51. The number of hydrogen-bond donors (Lipinski definition) is 0. The lowest BCUT2D eigenvalue weighted by Crippen LogP contribution is -2.31. The lowest BCUT2D eigenvalue weighted by Gasteiger charge is -2.28. The molecule has 0 N–H and O–H groups in total. The minimum atomic E-state index is 0.0261. The van der Waals surface area contributed by atoms with E-state index in [4.69, 9.17) is 4.99 Å². The molecule has 1 aliphatic heterocycles. The second-order valence-corrected chi connectivity index (χ2v) is 8.51. The Labute approximate surface area is 119 Å².